The summed E-state index contributed by atoms with van der Waals surface area (Å²) in [5.74, 6) is -0.0824. The number of H-pyrrole nitrogens is 1. The summed E-state index contributed by atoms with van der Waals surface area (Å²) in [5.41, 5.74) is -1.03. The highest BCUT2D eigenvalue weighted by Crippen LogP contribution is 2.31. The van der Waals surface area contributed by atoms with Gasteiger partial charge < -0.3 is 19.2 Å². The van der Waals surface area contributed by atoms with Crippen LogP contribution in [-0.2, 0) is 4.74 Å². The Hall–Kier alpha value is -3.62. The molecule has 0 aliphatic carbocycles. The Morgan fingerprint density at radius 3 is 2.92 bits per heavy atom. The number of carbonyl (C=O) groups is 1. The van der Waals surface area contributed by atoms with Gasteiger partial charge in [0.2, 0.25) is 11.0 Å². The van der Waals surface area contributed by atoms with Gasteiger partial charge in [-0.2, -0.15) is 0 Å². The molecule has 128 valence electrons. The summed E-state index contributed by atoms with van der Waals surface area (Å²) < 4.78 is 10.3. The predicted octanol–water partition coefficient (Wildman–Crippen LogP) is 1.82. The number of rotatable bonds is 3. The quantitative estimate of drug-likeness (QED) is 0.660. The van der Waals surface area contributed by atoms with Crippen molar-refractivity contribution in [1.29, 1.82) is 0 Å². The summed E-state index contributed by atoms with van der Waals surface area (Å²) >= 11 is 0. The fourth-order valence-corrected chi connectivity index (χ4v) is 2.24. The van der Waals surface area contributed by atoms with Crippen molar-refractivity contribution in [2.24, 2.45) is 0 Å². The average molecular weight is 343 g/mol. The van der Waals surface area contributed by atoms with Gasteiger partial charge in [0.15, 0.2) is 5.52 Å². The first-order chi connectivity index (χ1) is 12.0. The third-order valence-electron chi connectivity index (χ3n) is 3.30. The van der Waals surface area contributed by atoms with Crippen LogP contribution in [0.1, 0.15) is 6.92 Å². The van der Waals surface area contributed by atoms with Gasteiger partial charge in [-0.3, -0.25) is 14.9 Å². The number of phenols is 1. The highest BCUT2D eigenvalue weighted by Gasteiger charge is 2.15. The van der Waals surface area contributed by atoms with Gasteiger partial charge in [-0.15, -0.1) is 0 Å². The van der Waals surface area contributed by atoms with Gasteiger partial charge in [0.25, 0.3) is 5.56 Å². The molecule has 0 saturated heterocycles. The summed E-state index contributed by atoms with van der Waals surface area (Å²) in [7, 11) is 0. The molecule has 0 aliphatic heterocycles. The van der Waals surface area contributed by atoms with E-state index in [9.17, 15) is 19.5 Å². The van der Waals surface area contributed by atoms with Crippen molar-refractivity contribution in [1.82, 2.24) is 9.97 Å². The Labute approximate surface area is 139 Å². The first-order valence-corrected chi connectivity index (χ1v) is 7.28. The lowest BCUT2D eigenvalue weighted by molar-refractivity contribution is 0.168. The summed E-state index contributed by atoms with van der Waals surface area (Å²) in [6.07, 6.45) is 0.368. The molecule has 9 heteroatoms. The minimum Gasteiger partial charge on any atom is -0.508 e. The number of benzene rings is 1. The topological polar surface area (TPSA) is 135 Å². The predicted molar refractivity (Wildman–Crippen MR) is 88.6 cm³/mol. The van der Waals surface area contributed by atoms with Crippen LogP contribution in [0.4, 0.5) is 10.5 Å². The lowest BCUT2D eigenvalue weighted by Crippen LogP contribution is -2.15. The molecule has 0 fully saturated rings. The van der Waals surface area contributed by atoms with Gasteiger partial charge in [0.05, 0.1) is 18.6 Å². The van der Waals surface area contributed by atoms with E-state index in [4.69, 9.17) is 9.15 Å². The van der Waals surface area contributed by atoms with Crippen molar-refractivity contribution in [3.8, 4) is 17.1 Å². The zero-order valence-electron chi connectivity index (χ0n) is 13.0. The molecular weight excluding hydrogens is 330 g/mol. The van der Waals surface area contributed by atoms with Crippen LogP contribution in [0, 0.1) is 0 Å². The Bertz CT molecular complexity index is 1070. The normalized spacial score (nSPS) is 10.6. The number of hydrogen-bond donors (Lipinski definition) is 3. The van der Waals surface area contributed by atoms with Crippen LogP contribution in [0.15, 0.2) is 44.6 Å². The van der Waals surface area contributed by atoms with Crippen LogP contribution in [0.3, 0.4) is 0 Å². The second-order valence-electron chi connectivity index (χ2n) is 4.96. The van der Waals surface area contributed by atoms with Crippen molar-refractivity contribution in [2.45, 2.75) is 6.92 Å². The van der Waals surface area contributed by atoms with Gasteiger partial charge in [-0.05, 0) is 19.1 Å². The largest absolute Gasteiger partial charge is 0.508 e. The van der Waals surface area contributed by atoms with Crippen LogP contribution >= 0.6 is 0 Å². The molecule has 9 nitrogen and oxygen atoms in total. The van der Waals surface area contributed by atoms with Crippen molar-refractivity contribution < 1.29 is 19.1 Å². The smallest absolute Gasteiger partial charge is 0.411 e. The third kappa shape index (κ3) is 3.20. The zero-order chi connectivity index (χ0) is 18.0. The molecule has 0 atom stereocenters. The second-order valence-corrected chi connectivity index (χ2v) is 4.96. The summed E-state index contributed by atoms with van der Waals surface area (Å²) in [6.45, 7) is 1.80. The van der Waals surface area contributed by atoms with Gasteiger partial charge >= 0.3 is 6.09 Å². The number of amides is 1. The summed E-state index contributed by atoms with van der Waals surface area (Å²) in [6, 6.07) is 5.20. The molecule has 1 aromatic carbocycles. The molecule has 0 bridgehead atoms. The molecule has 0 radical (unpaired) electrons. The number of hydrogen-bond acceptors (Lipinski definition) is 7. The van der Waals surface area contributed by atoms with E-state index in [-0.39, 0.29) is 40.5 Å². The highest BCUT2D eigenvalue weighted by molar-refractivity contribution is 5.91. The van der Waals surface area contributed by atoms with E-state index in [0.29, 0.717) is 0 Å². The Morgan fingerprint density at radius 2 is 2.16 bits per heavy atom. The number of nitrogens with one attached hydrogen (secondary N) is 2. The van der Waals surface area contributed by atoms with E-state index in [1.54, 1.807) is 6.92 Å². The van der Waals surface area contributed by atoms with E-state index >= 15 is 0 Å². The molecule has 2 aromatic heterocycles. The Kier molecular flexibility index (Phi) is 4.21. The maximum absolute atomic E-state index is 12.2. The number of anilines is 1. The van der Waals surface area contributed by atoms with Crippen molar-refractivity contribution in [3.63, 3.8) is 0 Å². The van der Waals surface area contributed by atoms with Crippen LogP contribution in [-0.4, -0.2) is 27.8 Å². The number of phenolic OH excluding ortho intramolecular Hbond substituents is 1. The molecule has 0 unspecified atom stereocenters. The van der Waals surface area contributed by atoms with Crippen LogP contribution in [0.25, 0.3) is 22.4 Å². The van der Waals surface area contributed by atoms with Gasteiger partial charge in [-0.25, -0.2) is 9.78 Å². The van der Waals surface area contributed by atoms with Gasteiger partial charge in [-0.1, -0.05) is 0 Å². The second kappa shape index (κ2) is 6.48. The third-order valence-corrected chi connectivity index (χ3v) is 3.30. The van der Waals surface area contributed by atoms with Crippen LogP contribution < -0.4 is 16.3 Å². The van der Waals surface area contributed by atoms with Crippen molar-refractivity contribution in [3.05, 3.63) is 51.2 Å². The first-order valence-electron chi connectivity index (χ1n) is 7.28. The molecule has 1 amide bonds. The van der Waals surface area contributed by atoms with E-state index < -0.39 is 17.1 Å². The Morgan fingerprint density at radius 1 is 1.36 bits per heavy atom. The fourth-order valence-electron chi connectivity index (χ4n) is 2.24. The maximum Gasteiger partial charge on any atom is 0.411 e. The summed E-state index contributed by atoms with van der Waals surface area (Å²) in [5, 5.41) is 12.1. The highest BCUT2D eigenvalue weighted by atomic mass is 16.5. The monoisotopic (exact) mass is 343 g/mol. The molecular formula is C16H13N3O6. The molecule has 3 rings (SSSR count). The maximum atomic E-state index is 12.2. The van der Waals surface area contributed by atoms with Crippen molar-refractivity contribution >= 4 is 22.9 Å². The van der Waals surface area contributed by atoms with Gasteiger partial charge in [0.1, 0.15) is 11.5 Å². The lowest BCUT2D eigenvalue weighted by atomic mass is 10.1. The fraction of sp³-hybridized carbons (Fsp3) is 0.125. The van der Waals surface area contributed by atoms with E-state index in [0.717, 1.165) is 12.4 Å². The number of carbonyl (C=O) groups excluding carboxylic acids is 1. The van der Waals surface area contributed by atoms with E-state index in [1.165, 1.54) is 18.2 Å². The van der Waals surface area contributed by atoms with E-state index in [1.807, 2.05) is 0 Å². The molecule has 3 N–H and O–H groups in total. The number of nitrogens with zero attached hydrogens (tertiary/aromatic N) is 1. The zero-order valence-corrected chi connectivity index (χ0v) is 13.0. The average Bonchev–Trinajstić information content (AvgIpc) is 2.56. The molecule has 2 heterocycles. The number of ether oxygens (including phenoxy) is 1. The molecule has 0 saturated carbocycles. The van der Waals surface area contributed by atoms with Crippen molar-refractivity contribution in [2.75, 3.05) is 11.9 Å². The first kappa shape index (κ1) is 16.2. The number of fused-ring (bicyclic) bond motifs is 1. The SMILES string of the molecule is CCOC(=O)Nc1cc(O)ccc1-c1cc(=O)c2nc[nH]c(=O)c2o1. The number of aromatic hydroxyl groups is 1. The number of aromatic nitrogens is 2. The van der Waals surface area contributed by atoms with E-state index in [2.05, 4.69) is 15.3 Å². The standard InChI is InChI=1S/C16H13N3O6/c1-2-24-16(23)19-10-5-8(20)3-4-9(10)12-6-11(21)13-14(25-12)15(22)18-7-17-13/h3-7,20H,2H2,1H3,(H,19,23)(H,17,18,22). The molecule has 0 aliphatic rings. The molecule has 0 spiro atoms. The minimum atomic E-state index is -0.739. The Balaban J connectivity index is 2.18. The summed E-state index contributed by atoms with van der Waals surface area (Å²) in [4.78, 5) is 41.8. The minimum absolute atomic E-state index is 0.0304. The van der Waals surface area contributed by atoms with Crippen LogP contribution in [0.2, 0.25) is 0 Å². The number of aromatic amines is 1. The van der Waals surface area contributed by atoms with Gasteiger partial charge in [0, 0.05) is 17.7 Å². The molecule has 3 aromatic rings. The molecule has 25 heavy (non-hydrogen) atoms. The van der Waals surface area contributed by atoms with Crippen LogP contribution in [0.5, 0.6) is 5.75 Å². The lowest BCUT2D eigenvalue weighted by Gasteiger charge is -2.11.